The van der Waals surface area contributed by atoms with Crippen LogP contribution in [-0.4, -0.2) is 25.0 Å². The van der Waals surface area contributed by atoms with Gasteiger partial charge in [0, 0.05) is 6.04 Å². The Hall–Kier alpha value is -1.00. The van der Waals surface area contributed by atoms with E-state index in [2.05, 4.69) is 57.8 Å². The van der Waals surface area contributed by atoms with Crippen molar-refractivity contribution in [2.45, 2.75) is 59.4 Å². The minimum atomic E-state index is 0.388. The van der Waals surface area contributed by atoms with Gasteiger partial charge in [-0.05, 0) is 50.9 Å². The molecule has 2 unspecified atom stereocenters. The number of allylic oxidation sites excluding steroid dienone is 2. The number of hydrogen-bond donors (Lipinski definition) is 0. The number of hydrogen-bond acceptors (Lipinski definition) is 1. The molecule has 1 nitrogen and oxygen atoms in total. The fourth-order valence-electron chi connectivity index (χ4n) is 2.64. The van der Waals surface area contributed by atoms with E-state index in [1.54, 1.807) is 0 Å². The van der Waals surface area contributed by atoms with E-state index in [9.17, 15) is 0 Å². The largest absolute Gasteiger partial charge is 0.302 e. The summed E-state index contributed by atoms with van der Waals surface area (Å²) in [4.78, 5) is 2.28. The fourth-order valence-corrected chi connectivity index (χ4v) is 2.64. The second-order valence-corrected chi connectivity index (χ2v) is 5.91. The molecule has 0 saturated carbocycles. The number of rotatable bonds is 8. The first-order valence-electron chi connectivity index (χ1n) is 7.39. The van der Waals surface area contributed by atoms with E-state index in [0.29, 0.717) is 11.5 Å². The third-order valence-electron chi connectivity index (χ3n) is 4.01. The predicted molar refractivity (Wildman–Crippen MR) is 87.1 cm³/mol. The Bertz CT molecular complexity index is 343. The molecular formula is C18H31N. The van der Waals surface area contributed by atoms with Gasteiger partial charge in [0.05, 0.1) is 0 Å². The first-order valence-corrected chi connectivity index (χ1v) is 7.39. The third-order valence-corrected chi connectivity index (χ3v) is 4.01. The summed E-state index contributed by atoms with van der Waals surface area (Å²) in [5.41, 5.74) is 1.63. The first-order chi connectivity index (χ1) is 8.94. The van der Waals surface area contributed by atoms with Gasteiger partial charge in [0.1, 0.15) is 0 Å². The quantitative estimate of drug-likeness (QED) is 0.454. The summed E-state index contributed by atoms with van der Waals surface area (Å²) in [6.45, 7) is 9.00. The molecule has 2 atom stereocenters. The lowest BCUT2D eigenvalue weighted by atomic mass is 9.75. The van der Waals surface area contributed by atoms with Gasteiger partial charge < -0.3 is 4.90 Å². The molecule has 0 aliphatic rings. The van der Waals surface area contributed by atoms with Crippen LogP contribution >= 0.6 is 0 Å². The zero-order valence-electron chi connectivity index (χ0n) is 13.7. The monoisotopic (exact) mass is 261 g/mol. The highest BCUT2D eigenvalue weighted by molar-refractivity contribution is 5.31. The van der Waals surface area contributed by atoms with Crippen LogP contribution in [0, 0.1) is 17.8 Å². The van der Waals surface area contributed by atoms with E-state index in [4.69, 9.17) is 6.42 Å². The second-order valence-electron chi connectivity index (χ2n) is 5.91. The van der Waals surface area contributed by atoms with Crippen molar-refractivity contribution in [2.24, 2.45) is 5.41 Å². The maximum absolute atomic E-state index is 5.47. The lowest BCUT2D eigenvalue weighted by molar-refractivity contribution is 0.185. The molecule has 0 amide bonds. The SMILES string of the molecule is C#C/C=C(\C=C/C)C(CC(C)(CC)CCC)N(C)C. The van der Waals surface area contributed by atoms with Gasteiger partial charge in [0.2, 0.25) is 0 Å². The average molecular weight is 261 g/mol. The Morgan fingerprint density at radius 1 is 1.37 bits per heavy atom. The van der Waals surface area contributed by atoms with Crippen LogP contribution in [0.2, 0.25) is 0 Å². The number of terminal acetylenes is 1. The zero-order valence-corrected chi connectivity index (χ0v) is 13.7. The molecule has 0 spiro atoms. The lowest BCUT2D eigenvalue weighted by Gasteiger charge is -2.36. The molecule has 0 saturated heterocycles. The van der Waals surface area contributed by atoms with Gasteiger partial charge >= 0.3 is 0 Å². The van der Waals surface area contributed by atoms with Gasteiger partial charge in [-0.1, -0.05) is 51.7 Å². The highest BCUT2D eigenvalue weighted by atomic mass is 15.1. The molecule has 0 aromatic heterocycles. The summed E-state index contributed by atoms with van der Waals surface area (Å²) in [7, 11) is 4.28. The molecule has 19 heavy (non-hydrogen) atoms. The van der Waals surface area contributed by atoms with Gasteiger partial charge in [-0.25, -0.2) is 0 Å². The summed E-state index contributed by atoms with van der Waals surface area (Å²) >= 11 is 0. The molecule has 1 heteroatoms. The van der Waals surface area contributed by atoms with Crippen molar-refractivity contribution in [3.63, 3.8) is 0 Å². The molecule has 0 aliphatic carbocycles. The molecule has 0 N–H and O–H groups in total. The zero-order chi connectivity index (χ0) is 14.9. The summed E-state index contributed by atoms with van der Waals surface area (Å²) in [6.07, 6.45) is 16.5. The van der Waals surface area contributed by atoms with Gasteiger partial charge in [0.15, 0.2) is 0 Å². The smallest absolute Gasteiger partial charge is 0.0353 e. The Morgan fingerprint density at radius 3 is 2.37 bits per heavy atom. The van der Waals surface area contributed by atoms with E-state index in [-0.39, 0.29) is 0 Å². The maximum Gasteiger partial charge on any atom is 0.0353 e. The topological polar surface area (TPSA) is 3.24 Å². The lowest BCUT2D eigenvalue weighted by Crippen LogP contribution is -2.35. The summed E-state index contributed by atoms with van der Waals surface area (Å²) < 4.78 is 0. The van der Waals surface area contributed by atoms with Gasteiger partial charge in [-0.2, -0.15) is 0 Å². The van der Waals surface area contributed by atoms with E-state index in [1.165, 1.54) is 24.8 Å². The van der Waals surface area contributed by atoms with Gasteiger partial charge in [0.25, 0.3) is 0 Å². The van der Waals surface area contributed by atoms with Crippen LogP contribution in [-0.2, 0) is 0 Å². The Morgan fingerprint density at radius 2 is 2.00 bits per heavy atom. The molecule has 0 aromatic carbocycles. The molecule has 0 fully saturated rings. The normalized spacial score (nSPS) is 17.5. The van der Waals surface area contributed by atoms with Crippen molar-refractivity contribution in [2.75, 3.05) is 14.1 Å². The van der Waals surface area contributed by atoms with Crippen molar-refractivity contribution < 1.29 is 0 Å². The number of likely N-dealkylation sites (N-methyl/N-ethyl adjacent to an activating group) is 1. The first kappa shape index (κ1) is 18.0. The van der Waals surface area contributed by atoms with Crippen molar-refractivity contribution >= 4 is 0 Å². The standard InChI is InChI=1S/C18H31N/c1-8-12-16(13-9-2)17(19(6)7)15-18(5,11-4)14-10-3/h1,9,12-13,17H,10-11,14-15H2,2-7H3/b13-9-,16-12+. The molecule has 0 heterocycles. The summed E-state index contributed by atoms with van der Waals surface area (Å²) in [5, 5.41) is 0. The molecule has 0 bridgehead atoms. The van der Waals surface area contributed by atoms with E-state index < -0.39 is 0 Å². The maximum atomic E-state index is 5.47. The van der Waals surface area contributed by atoms with Crippen LogP contribution in [0.25, 0.3) is 0 Å². The molecule has 108 valence electrons. The minimum absolute atomic E-state index is 0.388. The molecule has 0 aromatic rings. The Labute approximate surface area is 120 Å². The van der Waals surface area contributed by atoms with Crippen LogP contribution in [0.3, 0.4) is 0 Å². The highest BCUT2D eigenvalue weighted by Gasteiger charge is 2.28. The molecule has 0 aliphatic heterocycles. The minimum Gasteiger partial charge on any atom is -0.302 e. The van der Waals surface area contributed by atoms with Crippen LogP contribution < -0.4 is 0 Å². The Kier molecular flexibility index (Phi) is 8.52. The predicted octanol–water partition coefficient (Wildman–Crippen LogP) is 4.66. The summed E-state index contributed by atoms with van der Waals surface area (Å²) in [5.74, 6) is 2.68. The molecule has 0 rings (SSSR count). The van der Waals surface area contributed by atoms with E-state index in [1.807, 2.05) is 13.0 Å². The van der Waals surface area contributed by atoms with Crippen molar-refractivity contribution in [3.05, 3.63) is 23.8 Å². The highest BCUT2D eigenvalue weighted by Crippen LogP contribution is 2.35. The van der Waals surface area contributed by atoms with Crippen LogP contribution in [0.15, 0.2) is 23.8 Å². The van der Waals surface area contributed by atoms with Gasteiger partial charge in [-0.3, -0.25) is 0 Å². The van der Waals surface area contributed by atoms with Crippen LogP contribution in [0.1, 0.15) is 53.4 Å². The van der Waals surface area contributed by atoms with Crippen molar-refractivity contribution in [3.8, 4) is 12.3 Å². The van der Waals surface area contributed by atoms with Gasteiger partial charge in [-0.15, -0.1) is 6.42 Å². The second kappa shape index (κ2) is 8.99. The fraction of sp³-hybridized carbons (Fsp3) is 0.667. The van der Waals surface area contributed by atoms with Crippen molar-refractivity contribution in [1.82, 2.24) is 4.90 Å². The van der Waals surface area contributed by atoms with Crippen molar-refractivity contribution in [1.29, 1.82) is 0 Å². The van der Waals surface area contributed by atoms with E-state index in [0.717, 1.165) is 6.42 Å². The van der Waals surface area contributed by atoms with Crippen LogP contribution in [0.5, 0.6) is 0 Å². The third kappa shape index (κ3) is 6.12. The molecular weight excluding hydrogens is 230 g/mol. The molecule has 0 radical (unpaired) electrons. The van der Waals surface area contributed by atoms with E-state index >= 15 is 0 Å². The average Bonchev–Trinajstić information content (AvgIpc) is 2.36. The summed E-state index contributed by atoms with van der Waals surface area (Å²) in [6, 6.07) is 0.392. The van der Waals surface area contributed by atoms with Crippen LogP contribution in [0.4, 0.5) is 0 Å². The number of nitrogens with zero attached hydrogens (tertiary/aromatic N) is 1. The Balaban J connectivity index is 5.22.